The molecular formula is C14H16N2O2S. The SMILES string of the molecule is O=C(O)c1cccc2nc(CC3CCCSC3)cn12. The number of fused-ring (bicyclic) bond motifs is 1. The first-order valence-corrected chi connectivity index (χ1v) is 7.67. The molecule has 5 heteroatoms. The zero-order valence-corrected chi connectivity index (χ0v) is 11.4. The van der Waals surface area contributed by atoms with Gasteiger partial charge in [0.2, 0.25) is 0 Å². The average Bonchev–Trinajstić information content (AvgIpc) is 2.81. The standard InChI is InChI=1S/C14H16N2O2S/c17-14(18)12-4-1-5-13-15-11(8-16(12)13)7-10-3-2-6-19-9-10/h1,4-5,8,10H,2-3,6-7,9H2,(H,17,18). The number of carbonyl (C=O) groups is 1. The van der Waals surface area contributed by atoms with Crippen LogP contribution < -0.4 is 0 Å². The third-order valence-electron chi connectivity index (χ3n) is 3.51. The third-order valence-corrected chi connectivity index (χ3v) is 4.80. The van der Waals surface area contributed by atoms with Gasteiger partial charge in [-0.3, -0.25) is 4.40 Å². The predicted octanol–water partition coefficient (Wildman–Crippen LogP) is 2.72. The Labute approximate surface area is 115 Å². The molecule has 0 aromatic carbocycles. The first-order chi connectivity index (χ1) is 9.24. The van der Waals surface area contributed by atoms with E-state index in [1.165, 1.54) is 24.3 Å². The topological polar surface area (TPSA) is 54.6 Å². The van der Waals surface area contributed by atoms with Gasteiger partial charge in [-0.1, -0.05) is 6.07 Å². The smallest absolute Gasteiger partial charge is 0.352 e. The quantitative estimate of drug-likeness (QED) is 0.936. The zero-order valence-electron chi connectivity index (χ0n) is 10.6. The summed E-state index contributed by atoms with van der Waals surface area (Å²) >= 11 is 2.01. The van der Waals surface area contributed by atoms with Crippen LogP contribution in [0.15, 0.2) is 24.4 Å². The number of carboxylic acid groups (broad SMARTS) is 1. The molecule has 4 nitrogen and oxygen atoms in total. The monoisotopic (exact) mass is 276 g/mol. The summed E-state index contributed by atoms with van der Waals surface area (Å²) in [7, 11) is 0. The van der Waals surface area contributed by atoms with E-state index in [4.69, 9.17) is 5.11 Å². The van der Waals surface area contributed by atoms with E-state index in [1.54, 1.807) is 16.5 Å². The van der Waals surface area contributed by atoms with Gasteiger partial charge in [-0.15, -0.1) is 0 Å². The van der Waals surface area contributed by atoms with Gasteiger partial charge in [0.15, 0.2) is 0 Å². The molecule has 1 N–H and O–H groups in total. The molecule has 1 fully saturated rings. The molecule has 0 saturated carbocycles. The Morgan fingerprint density at radius 2 is 2.42 bits per heavy atom. The highest BCUT2D eigenvalue weighted by Crippen LogP contribution is 2.25. The number of hydrogen-bond acceptors (Lipinski definition) is 3. The lowest BCUT2D eigenvalue weighted by Crippen LogP contribution is -2.13. The van der Waals surface area contributed by atoms with Crippen LogP contribution in [0.2, 0.25) is 0 Å². The summed E-state index contributed by atoms with van der Waals surface area (Å²) in [5.41, 5.74) is 1.99. The van der Waals surface area contributed by atoms with E-state index in [0.717, 1.165) is 17.8 Å². The number of imidazole rings is 1. The summed E-state index contributed by atoms with van der Waals surface area (Å²) in [5, 5.41) is 9.16. The second kappa shape index (κ2) is 5.25. The largest absolute Gasteiger partial charge is 0.477 e. The molecule has 3 heterocycles. The van der Waals surface area contributed by atoms with Crippen molar-refractivity contribution in [1.29, 1.82) is 0 Å². The highest BCUT2D eigenvalue weighted by atomic mass is 32.2. The number of thioether (sulfide) groups is 1. The Morgan fingerprint density at radius 3 is 3.16 bits per heavy atom. The number of nitrogens with zero attached hydrogens (tertiary/aromatic N) is 2. The predicted molar refractivity (Wildman–Crippen MR) is 75.9 cm³/mol. The molecule has 3 rings (SSSR count). The maximum atomic E-state index is 11.2. The molecule has 1 atom stereocenters. The van der Waals surface area contributed by atoms with Crippen molar-refractivity contribution < 1.29 is 9.90 Å². The molecule has 1 aliphatic rings. The van der Waals surface area contributed by atoms with Crippen LogP contribution in [0.5, 0.6) is 0 Å². The number of pyridine rings is 1. The highest BCUT2D eigenvalue weighted by molar-refractivity contribution is 7.99. The van der Waals surface area contributed by atoms with E-state index in [1.807, 2.05) is 24.0 Å². The van der Waals surface area contributed by atoms with E-state index in [9.17, 15) is 4.79 Å². The normalized spacial score (nSPS) is 19.7. The zero-order chi connectivity index (χ0) is 13.2. The number of aromatic nitrogens is 2. The van der Waals surface area contributed by atoms with Crippen molar-refractivity contribution in [3.8, 4) is 0 Å². The molecule has 0 spiro atoms. The van der Waals surface area contributed by atoms with Crippen molar-refractivity contribution in [2.24, 2.45) is 5.92 Å². The molecular weight excluding hydrogens is 260 g/mol. The van der Waals surface area contributed by atoms with Gasteiger partial charge < -0.3 is 5.11 Å². The fraction of sp³-hybridized carbons (Fsp3) is 0.429. The van der Waals surface area contributed by atoms with Crippen LogP contribution in [0.3, 0.4) is 0 Å². The fourth-order valence-corrected chi connectivity index (χ4v) is 3.75. The van der Waals surface area contributed by atoms with Crippen molar-refractivity contribution in [1.82, 2.24) is 9.38 Å². The van der Waals surface area contributed by atoms with E-state index in [2.05, 4.69) is 4.98 Å². The maximum absolute atomic E-state index is 11.2. The molecule has 1 aliphatic heterocycles. The van der Waals surface area contributed by atoms with Crippen molar-refractivity contribution in [2.45, 2.75) is 19.3 Å². The summed E-state index contributed by atoms with van der Waals surface area (Å²) < 4.78 is 1.67. The molecule has 0 aliphatic carbocycles. The molecule has 2 aromatic heterocycles. The van der Waals surface area contributed by atoms with Crippen molar-refractivity contribution in [2.75, 3.05) is 11.5 Å². The lowest BCUT2D eigenvalue weighted by atomic mass is 10.00. The maximum Gasteiger partial charge on any atom is 0.352 e. The summed E-state index contributed by atoms with van der Waals surface area (Å²) in [6.45, 7) is 0. The molecule has 100 valence electrons. The number of aromatic carboxylic acids is 1. The molecule has 19 heavy (non-hydrogen) atoms. The van der Waals surface area contributed by atoms with Crippen molar-refractivity contribution in [3.05, 3.63) is 35.8 Å². The van der Waals surface area contributed by atoms with Gasteiger partial charge in [0.05, 0.1) is 5.69 Å². The van der Waals surface area contributed by atoms with Gasteiger partial charge in [-0.05, 0) is 48.8 Å². The van der Waals surface area contributed by atoms with Crippen LogP contribution >= 0.6 is 11.8 Å². The lowest BCUT2D eigenvalue weighted by Gasteiger charge is -2.19. The molecule has 0 radical (unpaired) electrons. The first kappa shape index (κ1) is 12.5. The van der Waals surface area contributed by atoms with Crippen LogP contribution in [0.25, 0.3) is 5.65 Å². The Balaban J connectivity index is 1.88. The average molecular weight is 276 g/mol. The number of rotatable bonds is 3. The second-order valence-corrected chi connectivity index (χ2v) is 6.11. The molecule has 0 bridgehead atoms. The van der Waals surface area contributed by atoms with Gasteiger partial charge in [-0.25, -0.2) is 9.78 Å². The minimum Gasteiger partial charge on any atom is -0.477 e. The van der Waals surface area contributed by atoms with E-state index < -0.39 is 5.97 Å². The summed E-state index contributed by atoms with van der Waals surface area (Å²) in [6, 6.07) is 5.20. The summed E-state index contributed by atoms with van der Waals surface area (Å²) in [5.74, 6) is 2.23. The van der Waals surface area contributed by atoms with Crippen LogP contribution in [-0.4, -0.2) is 32.0 Å². The summed E-state index contributed by atoms with van der Waals surface area (Å²) in [4.78, 5) is 15.7. The number of carboxylic acids is 1. The van der Waals surface area contributed by atoms with Crippen molar-refractivity contribution in [3.63, 3.8) is 0 Å². The fourth-order valence-electron chi connectivity index (χ4n) is 2.60. The number of hydrogen-bond donors (Lipinski definition) is 1. The summed E-state index contributed by atoms with van der Waals surface area (Å²) in [6.07, 6.45) is 5.36. The van der Waals surface area contributed by atoms with Gasteiger partial charge in [0, 0.05) is 6.20 Å². The van der Waals surface area contributed by atoms with Crippen LogP contribution in [-0.2, 0) is 6.42 Å². The van der Waals surface area contributed by atoms with Gasteiger partial charge in [0.25, 0.3) is 0 Å². The lowest BCUT2D eigenvalue weighted by molar-refractivity contribution is 0.0689. The Bertz CT molecular complexity index is 603. The van der Waals surface area contributed by atoms with Gasteiger partial charge in [-0.2, -0.15) is 11.8 Å². The van der Waals surface area contributed by atoms with Gasteiger partial charge >= 0.3 is 5.97 Å². The Hall–Kier alpha value is -1.49. The molecule has 2 aromatic rings. The third kappa shape index (κ3) is 2.61. The minimum absolute atomic E-state index is 0.272. The van der Waals surface area contributed by atoms with Crippen LogP contribution in [0.4, 0.5) is 0 Å². The van der Waals surface area contributed by atoms with Crippen LogP contribution in [0.1, 0.15) is 29.0 Å². The second-order valence-electron chi connectivity index (χ2n) is 4.96. The Morgan fingerprint density at radius 1 is 1.53 bits per heavy atom. The van der Waals surface area contributed by atoms with E-state index in [-0.39, 0.29) is 5.69 Å². The van der Waals surface area contributed by atoms with E-state index in [0.29, 0.717) is 5.92 Å². The van der Waals surface area contributed by atoms with Crippen LogP contribution in [0, 0.1) is 5.92 Å². The van der Waals surface area contributed by atoms with Crippen molar-refractivity contribution >= 4 is 23.4 Å². The van der Waals surface area contributed by atoms with E-state index >= 15 is 0 Å². The Kier molecular flexibility index (Phi) is 3.46. The molecule has 1 saturated heterocycles. The molecule has 0 amide bonds. The molecule has 1 unspecified atom stereocenters. The minimum atomic E-state index is -0.914. The highest BCUT2D eigenvalue weighted by Gasteiger charge is 2.17. The van der Waals surface area contributed by atoms with Gasteiger partial charge in [0.1, 0.15) is 11.3 Å². The first-order valence-electron chi connectivity index (χ1n) is 6.52.